The number of benzene rings is 1. The zero-order valence-electron chi connectivity index (χ0n) is 23.0. The Kier molecular flexibility index (Phi) is 13.7. The van der Waals surface area contributed by atoms with Crippen LogP contribution in [0.25, 0.3) is 0 Å². The summed E-state index contributed by atoms with van der Waals surface area (Å²) in [4.78, 5) is 78.2. The second kappa shape index (κ2) is 16.1. The van der Waals surface area contributed by atoms with Gasteiger partial charge in [-0.25, -0.2) is 0 Å². The van der Waals surface area contributed by atoms with Crippen molar-refractivity contribution in [2.45, 2.75) is 51.2 Å². The fourth-order valence-corrected chi connectivity index (χ4v) is 3.72. The molecule has 0 saturated carbocycles. The van der Waals surface area contributed by atoms with E-state index in [0.717, 1.165) is 0 Å². The van der Waals surface area contributed by atoms with E-state index in [4.69, 9.17) is 0 Å². The molecule has 0 fully saturated rings. The van der Waals surface area contributed by atoms with Gasteiger partial charge in [0, 0.05) is 21.1 Å². The minimum atomic E-state index is -1.12. The van der Waals surface area contributed by atoms with Gasteiger partial charge in [0.05, 0.1) is 19.1 Å². The molecule has 0 bridgehead atoms. The number of carbonyl (C=O) groups excluding carboxylic acids is 6. The van der Waals surface area contributed by atoms with Crippen LogP contribution in [0.2, 0.25) is 0 Å². The third-order valence-corrected chi connectivity index (χ3v) is 5.85. The molecule has 1 aromatic carbocycles. The number of nitrogens with zero attached hydrogens (tertiary/aromatic N) is 2. The van der Waals surface area contributed by atoms with Crippen LogP contribution in [-0.2, 0) is 28.8 Å². The zero-order chi connectivity index (χ0) is 28.8. The molecule has 0 aliphatic heterocycles. The summed E-state index contributed by atoms with van der Waals surface area (Å²) < 4.78 is 0. The van der Waals surface area contributed by atoms with Gasteiger partial charge in [-0.1, -0.05) is 50.6 Å². The maximum Gasteiger partial charge on any atom is 0.290 e. The summed E-state index contributed by atoms with van der Waals surface area (Å²) in [7, 11) is 6.23. The molecule has 0 radical (unpaired) electrons. The van der Waals surface area contributed by atoms with Gasteiger partial charge in [-0.05, 0) is 25.5 Å². The minimum Gasteiger partial charge on any atom is -0.347 e. The van der Waals surface area contributed by atoms with E-state index in [9.17, 15) is 28.8 Å². The molecule has 1 aromatic rings. The van der Waals surface area contributed by atoms with Gasteiger partial charge in [0.25, 0.3) is 5.91 Å². The van der Waals surface area contributed by atoms with E-state index in [1.54, 1.807) is 65.3 Å². The van der Waals surface area contributed by atoms with Crippen molar-refractivity contribution in [1.29, 1.82) is 0 Å². The Labute approximate surface area is 223 Å². The number of rotatable bonds is 15. The van der Waals surface area contributed by atoms with E-state index >= 15 is 0 Å². The molecule has 0 aliphatic rings. The van der Waals surface area contributed by atoms with Crippen LogP contribution in [0.1, 0.15) is 44.7 Å². The molecule has 0 spiro atoms. The molecule has 12 nitrogen and oxygen atoms in total. The predicted molar refractivity (Wildman–Crippen MR) is 142 cm³/mol. The lowest BCUT2D eigenvalue weighted by Crippen LogP contribution is -2.55. The highest BCUT2D eigenvalue weighted by molar-refractivity contribution is 6.38. The smallest absolute Gasteiger partial charge is 0.290 e. The second-order valence-corrected chi connectivity index (χ2v) is 9.00. The Morgan fingerprint density at radius 1 is 0.895 bits per heavy atom. The number of carbonyl (C=O) groups is 6. The maximum absolute atomic E-state index is 12.9. The average molecular weight is 533 g/mol. The topological polar surface area (TPSA) is 157 Å². The fraction of sp³-hybridized carbons (Fsp3) is 0.538. The van der Waals surface area contributed by atoms with Crippen LogP contribution in [0.4, 0.5) is 0 Å². The van der Waals surface area contributed by atoms with Gasteiger partial charge in [-0.15, -0.1) is 0 Å². The normalized spacial score (nSPS) is 12.9. The molecule has 3 atom stereocenters. The summed E-state index contributed by atoms with van der Waals surface area (Å²) in [6, 6.07) is 5.73. The first-order chi connectivity index (χ1) is 18.0. The van der Waals surface area contributed by atoms with Crippen molar-refractivity contribution in [3.8, 4) is 0 Å². The average Bonchev–Trinajstić information content (AvgIpc) is 2.90. The molecular formula is C26H40N6O6. The van der Waals surface area contributed by atoms with Crippen LogP contribution >= 0.6 is 0 Å². The Bertz CT molecular complexity index is 984. The van der Waals surface area contributed by atoms with E-state index in [1.807, 2.05) is 0 Å². The molecule has 210 valence electrons. The molecule has 38 heavy (non-hydrogen) atoms. The first-order valence-corrected chi connectivity index (χ1v) is 12.6. The molecule has 0 saturated heterocycles. The summed E-state index contributed by atoms with van der Waals surface area (Å²) in [6.07, 6.45) is 1.01. The SMILES string of the molecule is CCCC(NC(=O)C(CC)N(C)C(=O)CNC)C(=O)C(=O)NCC(=O)NC(C(=O)N(C)C)c1ccccc1. The van der Waals surface area contributed by atoms with E-state index in [1.165, 1.54) is 16.8 Å². The van der Waals surface area contributed by atoms with Gasteiger partial charge in [-0.3, -0.25) is 28.8 Å². The van der Waals surface area contributed by atoms with Crippen LogP contribution in [0, 0.1) is 0 Å². The summed E-state index contributed by atoms with van der Waals surface area (Å²) in [5, 5.41) is 10.2. The first-order valence-electron chi connectivity index (χ1n) is 12.6. The van der Waals surface area contributed by atoms with Crippen LogP contribution in [0.5, 0.6) is 0 Å². The standard InChI is InChI=1S/C26H40N6O6/c1-7-12-18(29-24(36)19(8-2)32(6)21(34)16-27-3)23(35)25(37)28-15-20(33)30-22(26(38)31(4)5)17-13-10-9-11-14-17/h9-11,13-14,18-19,22,27H,7-8,12,15-16H2,1-6H3,(H,28,37)(H,29,36)(H,30,33). The van der Waals surface area contributed by atoms with Crippen LogP contribution in [0.15, 0.2) is 30.3 Å². The van der Waals surface area contributed by atoms with Crippen molar-refractivity contribution in [3.63, 3.8) is 0 Å². The second-order valence-electron chi connectivity index (χ2n) is 9.00. The Morgan fingerprint density at radius 3 is 2.05 bits per heavy atom. The van der Waals surface area contributed by atoms with Crippen molar-refractivity contribution in [1.82, 2.24) is 31.1 Å². The zero-order valence-corrected chi connectivity index (χ0v) is 23.0. The van der Waals surface area contributed by atoms with Gasteiger partial charge < -0.3 is 31.1 Å². The largest absolute Gasteiger partial charge is 0.347 e. The van der Waals surface area contributed by atoms with E-state index < -0.39 is 48.2 Å². The lowest BCUT2D eigenvalue weighted by molar-refractivity contribution is -0.142. The van der Waals surface area contributed by atoms with Crippen molar-refractivity contribution in [3.05, 3.63) is 35.9 Å². The maximum atomic E-state index is 12.9. The fourth-order valence-electron chi connectivity index (χ4n) is 3.72. The van der Waals surface area contributed by atoms with Gasteiger partial charge in [0.1, 0.15) is 12.1 Å². The van der Waals surface area contributed by atoms with Crippen molar-refractivity contribution < 1.29 is 28.8 Å². The number of ketones is 1. The molecule has 12 heteroatoms. The molecular weight excluding hydrogens is 492 g/mol. The Morgan fingerprint density at radius 2 is 1.53 bits per heavy atom. The monoisotopic (exact) mass is 532 g/mol. The number of hydrogen-bond donors (Lipinski definition) is 4. The molecule has 5 amide bonds. The highest BCUT2D eigenvalue weighted by Crippen LogP contribution is 2.14. The lowest BCUT2D eigenvalue weighted by Gasteiger charge is -2.28. The highest BCUT2D eigenvalue weighted by atomic mass is 16.2. The van der Waals surface area contributed by atoms with Crippen molar-refractivity contribution >= 4 is 35.3 Å². The van der Waals surface area contributed by atoms with Crippen LogP contribution in [-0.4, -0.2) is 98.5 Å². The van der Waals surface area contributed by atoms with Gasteiger partial charge in [0.2, 0.25) is 29.4 Å². The molecule has 0 aliphatic carbocycles. The molecule has 1 rings (SSSR count). The molecule has 4 N–H and O–H groups in total. The van der Waals surface area contributed by atoms with E-state index in [-0.39, 0.29) is 24.8 Å². The first kappa shape index (κ1) is 32.2. The van der Waals surface area contributed by atoms with E-state index in [2.05, 4.69) is 21.3 Å². The summed E-state index contributed by atoms with van der Waals surface area (Å²) >= 11 is 0. The number of likely N-dealkylation sites (N-methyl/N-ethyl adjacent to an activating group) is 3. The Balaban J connectivity index is 2.84. The minimum absolute atomic E-state index is 0.0489. The summed E-state index contributed by atoms with van der Waals surface area (Å²) in [5.74, 6) is -3.82. The summed E-state index contributed by atoms with van der Waals surface area (Å²) in [5.41, 5.74) is 0.566. The molecule has 0 aromatic heterocycles. The van der Waals surface area contributed by atoms with Crippen molar-refractivity contribution in [2.75, 3.05) is 41.3 Å². The third-order valence-electron chi connectivity index (χ3n) is 5.85. The molecule has 3 unspecified atom stereocenters. The van der Waals surface area contributed by atoms with Crippen LogP contribution in [0.3, 0.4) is 0 Å². The quantitative estimate of drug-likeness (QED) is 0.219. The van der Waals surface area contributed by atoms with Crippen molar-refractivity contribution in [2.24, 2.45) is 0 Å². The Hall–Kier alpha value is -3.80. The third kappa shape index (κ3) is 9.58. The number of Topliss-reactive ketones (excluding diaryl/α,β-unsaturated/α-hetero) is 1. The number of amides is 5. The van der Waals surface area contributed by atoms with Gasteiger partial charge in [0.15, 0.2) is 0 Å². The highest BCUT2D eigenvalue weighted by Gasteiger charge is 2.31. The lowest BCUT2D eigenvalue weighted by atomic mass is 10.0. The molecule has 0 heterocycles. The number of hydrogen-bond acceptors (Lipinski definition) is 7. The van der Waals surface area contributed by atoms with E-state index in [0.29, 0.717) is 18.4 Å². The number of nitrogens with one attached hydrogen (secondary N) is 4. The van der Waals surface area contributed by atoms with Gasteiger partial charge >= 0.3 is 0 Å². The van der Waals surface area contributed by atoms with Crippen LogP contribution < -0.4 is 21.3 Å². The predicted octanol–water partition coefficient (Wildman–Crippen LogP) is -0.641. The van der Waals surface area contributed by atoms with Gasteiger partial charge in [-0.2, -0.15) is 0 Å². The summed E-state index contributed by atoms with van der Waals surface area (Å²) in [6.45, 7) is 3.04.